The highest BCUT2D eigenvalue weighted by Gasteiger charge is 2.30. The monoisotopic (exact) mass is 555 g/mol. The van der Waals surface area contributed by atoms with Gasteiger partial charge in [0, 0.05) is 54.2 Å². The first-order valence-electron chi connectivity index (χ1n) is 12.0. The van der Waals surface area contributed by atoms with Crippen LogP contribution in [0, 0.1) is 21.7 Å². The summed E-state index contributed by atoms with van der Waals surface area (Å²) in [4.78, 5) is 44.7. The molecule has 40 heavy (non-hydrogen) atoms. The summed E-state index contributed by atoms with van der Waals surface area (Å²) in [5.41, 5.74) is -1.92. The lowest BCUT2D eigenvalue weighted by molar-refractivity contribution is -0.385. The van der Waals surface area contributed by atoms with Crippen LogP contribution < -0.4 is 16.0 Å². The molecule has 2 aromatic heterocycles. The van der Waals surface area contributed by atoms with Gasteiger partial charge in [-0.1, -0.05) is 6.07 Å². The zero-order chi connectivity index (χ0) is 29.0. The number of nitro benzene ring substituents is 1. The SMILES string of the molecule is CN(C)Cc1cc(Cc2c(F)cccc2F)c(-n2ccc(=O)[nH]c2=O)c(-c2ccc(OCCF)nc2)c1[N+](=O)[O-]. The number of rotatable bonds is 10. The van der Waals surface area contributed by atoms with E-state index >= 15 is 0 Å². The van der Waals surface area contributed by atoms with Gasteiger partial charge in [0.25, 0.3) is 11.2 Å². The van der Waals surface area contributed by atoms with Crippen molar-refractivity contribution in [2.75, 3.05) is 27.4 Å². The van der Waals surface area contributed by atoms with E-state index in [2.05, 4.69) is 9.97 Å². The van der Waals surface area contributed by atoms with Gasteiger partial charge in [-0.2, -0.15) is 0 Å². The summed E-state index contributed by atoms with van der Waals surface area (Å²) in [5.74, 6) is -1.63. The van der Waals surface area contributed by atoms with Gasteiger partial charge in [-0.15, -0.1) is 0 Å². The maximum absolute atomic E-state index is 14.8. The molecule has 0 radical (unpaired) electrons. The summed E-state index contributed by atoms with van der Waals surface area (Å²) in [6.07, 6.45) is 2.00. The molecule has 0 spiro atoms. The van der Waals surface area contributed by atoms with E-state index < -0.39 is 34.5 Å². The first-order chi connectivity index (χ1) is 19.1. The van der Waals surface area contributed by atoms with Gasteiger partial charge in [0.05, 0.1) is 16.2 Å². The number of nitrogens with zero attached hydrogens (tertiary/aromatic N) is 4. The van der Waals surface area contributed by atoms with Crippen molar-refractivity contribution in [2.24, 2.45) is 0 Å². The smallest absolute Gasteiger partial charge is 0.332 e. The third-order valence-corrected chi connectivity index (χ3v) is 5.95. The average Bonchev–Trinajstić information content (AvgIpc) is 2.89. The molecule has 4 rings (SSSR count). The van der Waals surface area contributed by atoms with E-state index in [1.54, 1.807) is 19.0 Å². The van der Waals surface area contributed by atoms with Crippen molar-refractivity contribution in [3.05, 3.63) is 114 Å². The van der Waals surface area contributed by atoms with Crippen molar-refractivity contribution < 1.29 is 22.8 Å². The third-order valence-electron chi connectivity index (χ3n) is 5.95. The van der Waals surface area contributed by atoms with Gasteiger partial charge in [-0.25, -0.2) is 22.9 Å². The molecule has 2 heterocycles. The Morgan fingerprint density at radius 1 is 1.10 bits per heavy atom. The van der Waals surface area contributed by atoms with Crippen molar-refractivity contribution in [1.29, 1.82) is 0 Å². The Morgan fingerprint density at radius 2 is 1.82 bits per heavy atom. The standard InChI is InChI=1S/C27H24F3N5O5/c1-33(2)15-18-12-17(13-19-20(29)4-3-5-21(19)30)25(34-10-8-22(36)32-27(34)37)24(26(18)35(38)39)16-6-7-23(31-14-16)40-11-9-28/h3-8,10,12,14H,9,11,13,15H2,1-2H3,(H,32,36,37). The van der Waals surface area contributed by atoms with Crippen LogP contribution in [0.2, 0.25) is 0 Å². The molecule has 10 nitrogen and oxygen atoms in total. The number of nitrogens with one attached hydrogen (secondary N) is 1. The number of aromatic nitrogens is 3. The summed E-state index contributed by atoms with van der Waals surface area (Å²) < 4.78 is 48.2. The first kappa shape index (κ1) is 28.2. The number of hydrogen-bond acceptors (Lipinski definition) is 7. The van der Waals surface area contributed by atoms with Crippen LogP contribution in [0.1, 0.15) is 16.7 Å². The minimum Gasteiger partial charge on any atom is -0.475 e. The lowest BCUT2D eigenvalue weighted by Gasteiger charge is -2.21. The number of alkyl halides is 1. The first-order valence-corrected chi connectivity index (χ1v) is 12.0. The molecule has 0 aliphatic rings. The van der Waals surface area contributed by atoms with Gasteiger partial charge in [-0.3, -0.25) is 24.5 Å². The maximum atomic E-state index is 14.8. The number of pyridine rings is 1. The minimum atomic E-state index is -0.922. The number of aromatic amines is 1. The molecule has 13 heteroatoms. The number of halogens is 3. The highest BCUT2D eigenvalue weighted by Crippen LogP contribution is 2.41. The Bertz CT molecular complexity index is 1650. The van der Waals surface area contributed by atoms with Gasteiger partial charge in [0.1, 0.15) is 24.9 Å². The molecule has 0 aliphatic heterocycles. The van der Waals surface area contributed by atoms with Crippen molar-refractivity contribution in [2.45, 2.75) is 13.0 Å². The van der Waals surface area contributed by atoms with E-state index in [1.807, 2.05) is 0 Å². The topological polar surface area (TPSA) is 123 Å². The molecule has 4 aromatic rings. The summed E-state index contributed by atoms with van der Waals surface area (Å²) >= 11 is 0. The fourth-order valence-corrected chi connectivity index (χ4v) is 4.38. The van der Waals surface area contributed by atoms with Crippen LogP contribution in [0.4, 0.5) is 18.9 Å². The zero-order valence-corrected chi connectivity index (χ0v) is 21.5. The summed E-state index contributed by atoms with van der Waals surface area (Å²) in [7, 11) is 3.39. The van der Waals surface area contributed by atoms with Crippen molar-refractivity contribution in [3.8, 4) is 22.7 Å². The highest BCUT2D eigenvalue weighted by molar-refractivity contribution is 5.85. The Hall–Kier alpha value is -4.78. The molecule has 0 saturated carbocycles. The molecule has 1 N–H and O–H groups in total. The van der Waals surface area contributed by atoms with Crippen molar-refractivity contribution in [3.63, 3.8) is 0 Å². The highest BCUT2D eigenvalue weighted by atomic mass is 19.1. The Balaban J connectivity index is 2.13. The Labute approximate surface area is 225 Å². The van der Waals surface area contributed by atoms with Crippen LogP contribution in [0.15, 0.2) is 64.4 Å². The molecule has 0 fully saturated rings. The molecule has 0 bridgehead atoms. The van der Waals surface area contributed by atoms with Crippen LogP contribution in [0.5, 0.6) is 5.88 Å². The van der Waals surface area contributed by atoms with E-state index in [9.17, 15) is 32.9 Å². The minimum absolute atomic E-state index is 0.0601. The van der Waals surface area contributed by atoms with Crippen molar-refractivity contribution >= 4 is 5.69 Å². The van der Waals surface area contributed by atoms with Crippen LogP contribution in [-0.4, -0.2) is 51.7 Å². The maximum Gasteiger partial charge on any atom is 0.332 e. The van der Waals surface area contributed by atoms with Gasteiger partial charge in [0.2, 0.25) is 5.88 Å². The lowest BCUT2D eigenvalue weighted by Crippen LogP contribution is -2.29. The molecule has 0 amide bonds. The quantitative estimate of drug-likeness (QED) is 0.233. The molecule has 0 saturated heterocycles. The second-order valence-corrected chi connectivity index (χ2v) is 9.04. The molecule has 0 atom stereocenters. The van der Waals surface area contributed by atoms with E-state index in [4.69, 9.17) is 4.74 Å². The number of nitro groups is 1. The van der Waals surface area contributed by atoms with Crippen molar-refractivity contribution in [1.82, 2.24) is 19.4 Å². The van der Waals surface area contributed by atoms with E-state index in [1.165, 1.54) is 30.5 Å². The summed E-state index contributed by atoms with van der Waals surface area (Å²) in [6.45, 7) is -0.931. The molecule has 2 aromatic carbocycles. The Morgan fingerprint density at radius 3 is 2.40 bits per heavy atom. The number of hydrogen-bond donors (Lipinski definition) is 1. The fourth-order valence-electron chi connectivity index (χ4n) is 4.38. The normalized spacial score (nSPS) is 11.2. The van der Waals surface area contributed by atoms with Gasteiger partial charge in [0.15, 0.2) is 0 Å². The van der Waals surface area contributed by atoms with E-state index in [0.29, 0.717) is 0 Å². The van der Waals surface area contributed by atoms with Gasteiger partial charge >= 0.3 is 5.69 Å². The second kappa shape index (κ2) is 11.9. The predicted octanol–water partition coefficient (Wildman–Crippen LogP) is 3.77. The van der Waals surface area contributed by atoms with Crippen LogP contribution >= 0.6 is 0 Å². The number of H-pyrrole nitrogens is 1. The number of ether oxygens (including phenoxy) is 1. The predicted molar refractivity (Wildman–Crippen MR) is 141 cm³/mol. The Kier molecular flexibility index (Phi) is 8.43. The molecule has 0 unspecified atom stereocenters. The summed E-state index contributed by atoms with van der Waals surface area (Å²) in [5, 5.41) is 12.5. The van der Waals surface area contributed by atoms with Gasteiger partial charge in [-0.05, 0) is 43.9 Å². The number of benzene rings is 2. The third kappa shape index (κ3) is 5.94. The van der Waals surface area contributed by atoms with E-state index in [0.717, 1.165) is 29.0 Å². The zero-order valence-electron chi connectivity index (χ0n) is 21.5. The van der Waals surface area contributed by atoms with Crippen LogP contribution in [0.3, 0.4) is 0 Å². The van der Waals surface area contributed by atoms with Crippen LogP contribution in [0.25, 0.3) is 16.8 Å². The average molecular weight is 556 g/mol. The van der Waals surface area contributed by atoms with E-state index in [-0.39, 0.29) is 64.6 Å². The van der Waals surface area contributed by atoms with Gasteiger partial charge < -0.3 is 9.64 Å². The molecule has 208 valence electrons. The largest absolute Gasteiger partial charge is 0.475 e. The second-order valence-electron chi connectivity index (χ2n) is 9.04. The fraction of sp³-hybridized carbons (Fsp3) is 0.222. The molecule has 0 aliphatic carbocycles. The van der Waals surface area contributed by atoms with Crippen LogP contribution in [-0.2, 0) is 13.0 Å². The molecular weight excluding hydrogens is 531 g/mol. The molecular formula is C27H24F3N5O5. The summed E-state index contributed by atoms with van der Waals surface area (Å²) in [6, 6.07) is 8.66. The lowest BCUT2D eigenvalue weighted by atomic mass is 9.91.